The van der Waals surface area contributed by atoms with Crippen LogP contribution in [-0.4, -0.2) is 17.7 Å². The van der Waals surface area contributed by atoms with Crippen molar-refractivity contribution in [3.05, 3.63) is 0 Å². The van der Waals surface area contributed by atoms with Gasteiger partial charge in [0.1, 0.15) is 0 Å². The normalized spacial score (nSPS) is 23.4. The molecule has 0 aromatic carbocycles. The zero-order chi connectivity index (χ0) is 9.14. The van der Waals surface area contributed by atoms with Gasteiger partial charge >= 0.3 is 0 Å². The van der Waals surface area contributed by atoms with Crippen molar-refractivity contribution in [2.45, 2.75) is 39.2 Å². The molecule has 1 atom stereocenters. The fourth-order valence-corrected chi connectivity index (χ4v) is 1.34. The van der Waals surface area contributed by atoms with Gasteiger partial charge in [-0.2, -0.15) is 0 Å². The zero-order valence-corrected chi connectivity index (χ0v) is 7.59. The number of nitrogens with one attached hydrogen (secondary N) is 1. The fraction of sp³-hybridized carbons (Fsp3) is 0.778. The van der Waals surface area contributed by atoms with Gasteiger partial charge < -0.3 is 5.32 Å². The molecule has 1 aliphatic heterocycles. The van der Waals surface area contributed by atoms with Crippen LogP contribution < -0.4 is 5.32 Å². The summed E-state index contributed by atoms with van der Waals surface area (Å²) in [5.74, 6) is 0.532. The van der Waals surface area contributed by atoms with Crippen LogP contribution in [0.2, 0.25) is 0 Å². The Morgan fingerprint density at radius 3 is 2.58 bits per heavy atom. The molecule has 1 amide bonds. The van der Waals surface area contributed by atoms with Gasteiger partial charge in [-0.05, 0) is 18.8 Å². The van der Waals surface area contributed by atoms with Gasteiger partial charge in [-0.3, -0.25) is 9.59 Å². The molecule has 1 fully saturated rings. The molecule has 0 aromatic heterocycles. The number of rotatable bonds is 3. The van der Waals surface area contributed by atoms with E-state index >= 15 is 0 Å². The molecule has 0 aliphatic carbocycles. The Balaban J connectivity index is 2.33. The Bertz CT molecular complexity index is 199. The van der Waals surface area contributed by atoms with Crippen LogP contribution >= 0.6 is 0 Å². The topological polar surface area (TPSA) is 46.2 Å². The number of Topliss-reactive ketones (excluding diaryl/α,β-unsaturated/α-hetero) is 1. The molecular weight excluding hydrogens is 154 g/mol. The number of carbonyl (C=O) groups excluding carboxylic acids is 2. The molecule has 1 rings (SSSR count). The van der Waals surface area contributed by atoms with Gasteiger partial charge in [-0.15, -0.1) is 0 Å². The second kappa shape index (κ2) is 3.70. The minimum absolute atomic E-state index is 0.0562. The maximum Gasteiger partial charge on any atom is 0.228 e. The molecule has 0 bridgehead atoms. The van der Waals surface area contributed by atoms with Crippen LogP contribution in [0.5, 0.6) is 0 Å². The smallest absolute Gasteiger partial charge is 0.228 e. The highest BCUT2D eigenvalue weighted by molar-refractivity contribution is 6.07. The molecule has 3 heteroatoms. The van der Waals surface area contributed by atoms with Crippen LogP contribution in [-0.2, 0) is 9.59 Å². The Kier molecular flexibility index (Phi) is 2.84. The van der Waals surface area contributed by atoms with Gasteiger partial charge in [0.05, 0.1) is 12.5 Å². The molecule has 0 saturated carbocycles. The predicted octanol–water partition coefficient (Wildman–Crippen LogP) is 0.880. The average Bonchev–Trinajstić information content (AvgIpc) is 2.26. The molecule has 12 heavy (non-hydrogen) atoms. The van der Waals surface area contributed by atoms with Crippen molar-refractivity contribution < 1.29 is 9.59 Å². The number of carbonyl (C=O) groups is 2. The van der Waals surface area contributed by atoms with E-state index in [0.29, 0.717) is 5.92 Å². The lowest BCUT2D eigenvalue weighted by molar-refractivity contribution is -0.122. The summed E-state index contributed by atoms with van der Waals surface area (Å²) in [5, 5.41) is 2.67. The van der Waals surface area contributed by atoms with E-state index in [0.717, 1.165) is 12.8 Å². The Morgan fingerprint density at radius 2 is 2.17 bits per heavy atom. The van der Waals surface area contributed by atoms with Gasteiger partial charge in [-0.25, -0.2) is 0 Å². The van der Waals surface area contributed by atoms with Crippen molar-refractivity contribution in [1.82, 2.24) is 5.32 Å². The summed E-state index contributed by atoms with van der Waals surface area (Å²) >= 11 is 0. The highest BCUT2D eigenvalue weighted by Gasteiger charge is 2.29. The second-order valence-electron chi connectivity index (χ2n) is 3.73. The van der Waals surface area contributed by atoms with E-state index in [9.17, 15) is 9.59 Å². The number of hydrogen-bond donors (Lipinski definition) is 1. The van der Waals surface area contributed by atoms with Gasteiger partial charge in [0.2, 0.25) is 5.91 Å². The lowest BCUT2D eigenvalue weighted by Crippen LogP contribution is -2.29. The van der Waals surface area contributed by atoms with Gasteiger partial charge in [-0.1, -0.05) is 13.8 Å². The lowest BCUT2D eigenvalue weighted by atomic mass is 10.0. The van der Waals surface area contributed by atoms with Gasteiger partial charge in [0.15, 0.2) is 5.78 Å². The first-order valence-corrected chi connectivity index (χ1v) is 4.41. The van der Waals surface area contributed by atoms with Crippen molar-refractivity contribution in [3.8, 4) is 0 Å². The third kappa shape index (κ3) is 2.32. The van der Waals surface area contributed by atoms with Crippen LogP contribution in [0.3, 0.4) is 0 Å². The Labute approximate surface area is 72.5 Å². The van der Waals surface area contributed by atoms with E-state index in [1.165, 1.54) is 0 Å². The summed E-state index contributed by atoms with van der Waals surface area (Å²) in [6, 6.07) is -0.195. The Hall–Kier alpha value is -0.860. The molecule has 1 heterocycles. The highest BCUT2D eigenvalue weighted by atomic mass is 16.2. The minimum atomic E-state index is -0.195. The number of ketones is 1. The quantitative estimate of drug-likeness (QED) is 0.637. The van der Waals surface area contributed by atoms with E-state index in [2.05, 4.69) is 19.2 Å². The molecule has 0 spiro atoms. The van der Waals surface area contributed by atoms with Crippen LogP contribution in [0.25, 0.3) is 0 Å². The number of hydrogen-bond acceptors (Lipinski definition) is 2. The first kappa shape index (κ1) is 9.23. The SMILES string of the molecule is CC(C)CCC1NC(=O)CC1=O. The maximum atomic E-state index is 11.1. The largest absolute Gasteiger partial charge is 0.346 e. The summed E-state index contributed by atoms with van der Waals surface area (Å²) in [4.78, 5) is 21.9. The van der Waals surface area contributed by atoms with Crippen LogP contribution in [0, 0.1) is 5.92 Å². The van der Waals surface area contributed by atoms with Crippen molar-refractivity contribution in [2.75, 3.05) is 0 Å². The van der Waals surface area contributed by atoms with E-state index < -0.39 is 0 Å². The summed E-state index contributed by atoms with van der Waals surface area (Å²) in [5.41, 5.74) is 0. The maximum absolute atomic E-state index is 11.1. The summed E-state index contributed by atoms with van der Waals surface area (Å²) < 4.78 is 0. The third-order valence-electron chi connectivity index (χ3n) is 2.09. The minimum Gasteiger partial charge on any atom is -0.346 e. The average molecular weight is 169 g/mol. The lowest BCUT2D eigenvalue weighted by Gasteiger charge is -2.09. The standard InChI is InChI=1S/C9H15NO2/c1-6(2)3-4-7-8(11)5-9(12)10-7/h6-7H,3-5H2,1-2H3,(H,10,12). The van der Waals surface area contributed by atoms with E-state index in [1.54, 1.807) is 0 Å². The van der Waals surface area contributed by atoms with Crippen molar-refractivity contribution in [3.63, 3.8) is 0 Å². The van der Waals surface area contributed by atoms with Crippen LogP contribution in [0.15, 0.2) is 0 Å². The zero-order valence-electron chi connectivity index (χ0n) is 7.59. The molecule has 0 aromatic rings. The first-order valence-electron chi connectivity index (χ1n) is 4.41. The second-order valence-corrected chi connectivity index (χ2v) is 3.73. The van der Waals surface area contributed by atoms with E-state index in [1.807, 2.05) is 0 Å². The summed E-state index contributed by atoms with van der Waals surface area (Å²) in [6.07, 6.45) is 1.88. The summed E-state index contributed by atoms with van der Waals surface area (Å²) in [7, 11) is 0. The van der Waals surface area contributed by atoms with Crippen molar-refractivity contribution in [2.24, 2.45) is 5.92 Å². The first-order chi connectivity index (χ1) is 5.59. The summed E-state index contributed by atoms with van der Waals surface area (Å²) in [6.45, 7) is 4.22. The predicted molar refractivity (Wildman–Crippen MR) is 45.6 cm³/mol. The molecule has 1 saturated heterocycles. The Morgan fingerprint density at radius 1 is 1.50 bits per heavy atom. The molecule has 3 nitrogen and oxygen atoms in total. The molecule has 0 radical (unpaired) electrons. The molecule has 1 unspecified atom stereocenters. The molecule has 1 N–H and O–H groups in total. The fourth-order valence-electron chi connectivity index (χ4n) is 1.34. The van der Waals surface area contributed by atoms with Crippen LogP contribution in [0.4, 0.5) is 0 Å². The van der Waals surface area contributed by atoms with E-state index in [-0.39, 0.29) is 24.2 Å². The number of amides is 1. The van der Waals surface area contributed by atoms with Gasteiger partial charge in [0.25, 0.3) is 0 Å². The van der Waals surface area contributed by atoms with Crippen LogP contribution in [0.1, 0.15) is 33.1 Å². The molecule has 68 valence electrons. The van der Waals surface area contributed by atoms with E-state index in [4.69, 9.17) is 0 Å². The molecular formula is C9H15NO2. The van der Waals surface area contributed by atoms with Gasteiger partial charge in [0, 0.05) is 0 Å². The highest BCUT2D eigenvalue weighted by Crippen LogP contribution is 2.12. The molecule has 1 aliphatic rings. The van der Waals surface area contributed by atoms with Crippen molar-refractivity contribution in [1.29, 1.82) is 0 Å². The van der Waals surface area contributed by atoms with Crippen molar-refractivity contribution >= 4 is 11.7 Å². The third-order valence-corrected chi connectivity index (χ3v) is 2.09. The monoisotopic (exact) mass is 169 g/mol.